The summed E-state index contributed by atoms with van der Waals surface area (Å²) in [6.07, 6.45) is -0.790. The van der Waals surface area contributed by atoms with Gasteiger partial charge in [0, 0.05) is 31.6 Å². The molecule has 3 atom stereocenters. The summed E-state index contributed by atoms with van der Waals surface area (Å²) in [7, 11) is 1.60. The third kappa shape index (κ3) is 4.59. The fraction of sp³-hybridized carbons (Fsp3) is 0.474. The van der Waals surface area contributed by atoms with E-state index in [0.717, 1.165) is 11.2 Å². The molecule has 1 saturated heterocycles. The van der Waals surface area contributed by atoms with Gasteiger partial charge < -0.3 is 24.8 Å². The Morgan fingerprint density at radius 1 is 1.45 bits per heavy atom. The van der Waals surface area contributed by atoms with Crippen LogP contribution in [0.2, 0.25) is 0 Å². The molecule has 0 unspecified atom stereocenters. The van der Waals surface area contributed by atoms with Crippen LogP contribution in [0.3, 0.4) is 0 Å². The van der Waals surface area contributed by atoms with Crippen molar-refractivity contribution in [3.05, 3.63) is 35.9 Å². The molecule has 3 aromatic rings. The second-order valence-electron chi connectivity index (χ2n) is 7.45. The lowest BCUT2D eigenvalue weighted by atomic mass is 10.1. The lowest BCUT2D eigenvalue weighted by molar-refractivity contribution is 0.0615. The van der Waals surface area contributed by atoms with Gasteiger partial charge in [0.15, 0.2) is 23.9 Å². The minimum Gasteiger partial charge on any atom is -0.441 e. The van der Waals surface area contributed by atoms with Crippen LogP contribution in [0.25, 0.3) is 5.52 Å². The molecule has 0 radical (unpaired) electrons. The van der Waals surface area contributed by atoms with Crippen LogP contribution in [0.5, 0.6) is 0 Å². The number of alkyl halides is 1. The van der Waals surface area contributed by atoms with Crippen molar-refractivity contribution in [2.24, 2.45) is 0 Å². The first-order chi connectivity index (χ1) is 14.9. The molecular weight excluding hydrogens is 409 g/mol. The predicted octanol–water partition coefficient (Wildman–Crippen LogP) is 2.25. The van der Waals surface area contributed by atoms with Gasteiger partial charge in [-0.2, -0.15) is 10.2 Å². The predicted molar refractivity (Wildman–Crippen MR) is 108 cm³/mol. The van der Waals surface area contributed by atoms with Gasteiger partial charge in [0.2, 0.25) is 0 Å². The Kier molecular flexibility index (Phi) is 6.00. The first kappa shape index (κ1) is 21.0. The van der Waals surface area contributed by atoms with E-state index >= 15 is 0 Å². The Balaban J connectivity index is 1.44. The van der Waals surface area contributed by atoms with Crippen LogP contribution < -0.4 is 10.6 Å². The minimum atomic E-state index is -1.53. The molecule has 166 valence electrons. The van der Waals surface area contributed by atoms with Crippen LogP contribution in [0.1, 0.15) is 31.3 Å². The Hall–Kier alpha value is -3.25. The van der Waals surface area contributed by atoms with Gasteiger partial charge in [-0.15, -0.1) is 0 Å². The number of fused-ring (bicyclic) bond motifs is 1. The first-order valence-electron chi connectivity index (χ1n) is 9.82. The van der Waals surface area contributed by atoms with E-state index < -0.39 is 24.5 Å². The number of aromatic nitrogens is 5. The fourth-order valence-electron chi connectivity index (χ4n) is 3.30. The third-order valence-electron chi connectivity index (χ3n) is 4.63. The highest BCUT2D eigenvalue weighted by atomic mass is 19.1. The molecule has 31 heavy (non-hydrogen) atoms. The summed E-state index contributed by atoms with van der Waals surface area (Å²) in [5.74, 6) is 0.967. The van der Waals surface area contributed by atoms with Gasteiger partial charge in [-0.05, 0) is 19.9 Å². The van der Waals surface area contributed by atoms with E-state index in [0.29, 0.717) is 23.9 Å². The fourth-order valence-corrected chi connectivity index (χ4v) is 3.30. The number of hydrogen-bond donors (Lipinski definition) is 3. The number of nitrogens with one attached hydrogen (secondary N) is 3. The van der Waals surface area contributed by atoms with E-state index in [-0.39, 0.29) is 12.6 Å². The second-order valence-corrected chi connectivity index (χ2v) is 7.45. The number of aromatic amines is 1. The average Bonchev–Trinajstić information content (AvgIpc) is 3.41. The number of nitrogens with zero attached hydrogens (tertiary/aromatic N) is 4. The van der Waals surface area contributed by atoms with E-state index in [4.69, 9.17) is 14.2 Å². The van der Waals surface area contributed by atoms with Crippen molar-refractivity contribution in [1.29, 1.82) is 0 Å². The van der Waals surface area contributed by atoms with Crippen molar-refractivity contribution in [3.8, 4) is 0 Å². The molecule has 0 aromatic carbocycles. The Bertz CT molecular complexity index is 1050. The van der Waals surface area contributed by atoms with Gasteiger partial charge >= 0.3 is 6.09 Å². The highest BCUT2D eigenvalue weighted by Gasteiger charge is 2.42. The third-order valence-corrected chi connectivity index (χ3v) is 4.63. The van der Waals surface area contributed by atoms with Crippen LogP contribution >= 0.6 is 0 Å². The maximum absolute atomic E-state index is 14.8. The number of carbonyl (C=O) groups is 1. The summed E-state index contributed by atoms with van der Waals surface area (Å²) in [6.45, 7) is 3.92. The summed E-state index contributed by atoms with van der Waals surface area (Å²) >= 11 is 0. The number of alkyl carbamates (subject to hydrolysis) is 1. The number of methoxy groups -OCH3 is 1. The van der Waals surface area contributed by atoms with Gasteiger partial charge in [0.05, 0.1) is 24.6 Å². The molecule has 0 aliphatic carbocycles. The van der Waals surface area contributed by atoms with Crippen molar-refractivity contribution in [2.75, 3.05) is 19.0 Å². The van der Waals surface area contributed by atoms with Gasteiger partial charge in [0.25, 0.3) is 0 Å². The molecule has 4 heterocycles. The van der Waals surface area contributed by atoms with Crippen molar-refractivity contribution in [2.45, 2.75) is 44.9 Å². The lowest BCUT2D eigenvalue weighted by Gasteiger charge is -2.16. The summed E-state index contributed by atoms with van der Waals surface area (Å²) in [5.41, 5.74) is 1.92. The van der Waals surface area contributed by atoms with Crippen molar-refractivity contribution < 1.29 is 23.4 Å². The summed E-state index contributed by atoms with van der Waals surface area (Å²) in [4.78, 5) is 16.1. The number of carbonyl (C=O) groups excluding carboxylic acids is 1. The van der Waals surface area contributed by atoms with E-state index in [1.165, 1.54) is 0 Å². The molecule has 1 aliphatic rings. The molecule has 1 aliphatic heterocycles. The molecular formula is C19H24FN7O4. The van der Waals surface area contributed by atoms with Gasteiger partial charge in [-0.3, -0.25) is 5.10 Å². The smallest absolute Gasteiger partial charge is 0.407 e. The van der Waals surface area contributed by atoms with E-state index in [1.807, 2.05) is 6.07 Å². The zero-order chi connectivity index (χ0) is 22.0. The summed E-state index contributed by atoms with van der Waals surface area (Å²) in [5, 5.41) is 17.0. The number of rotatable bonds is 7. The zero-order valence-electron chi connectivity index (χ0n) is 17.3. The van der Waals surface area contributed by atoms with Crippen LogP contribution in [-0.2, 0) is 20.8 Å². The molecule has 1 fully saturated rings. The van der Waals surface area contributed by atoms with Crippen LogP contribution in [-0.4, -0.2) is 62.9 Å². The highest BCUT2D eigenvalue weighted by Crippen LogP contribution is 2.33. The van der Waals surface area contributed by atoms with Crippen molar-refractivity contribution in [3.63, 3.8) is 0 Å². The molecule has 11 nitrogen and oxygen atoms in total. The van der Waals surface area contributed by atoms with Gasteiger partial charge in [0.1, 0.15) is 11.6 Å². The number of halogens is 1. The molecule has 0 saturated carbocycles. The van der Waals surface area contributed by atoms with Crippen molar-refractivity contribution >= 4 is 23.2 Å². The van der Waals surface area contributed by atoms with Crippen LogP contribution in [0.15, 0.2) is 24.5 Å². The van der Waals surface area contributed by atoms with E-state index in [9.17, 15) is 9.18 Å². The standard InChI is InChI=1S/C19H24FN7O4/c1-10(2)22-19(28)31-14-9-30-17(16(14)20)12-7-15(25-24-12)23-18-13-6-11(8-29-3)26-27(13)5-4-21-18/h4-7,10,14,16-17H,8-9H2,1-3H3,(H,22,28)(H2,21,23,24,25)/t14-,16+,17-/m1/s1. The molecule has 0 bridgehead atoms. The largest absolute Gasteiger partial charge is 0.441 e. The molecule has 12 heteroatoms. The number of amides is 1. The second kappa shape index (κ2) is 8.86. The highest BCUT2D eigenvalue weighted by molar-refractivity contribution is 5.72. The molecule has 1 amide bonds. The number of anilines is 2. The number of ether oxygens (including phenoxy) is 3. The number of hydrogen-bond acceptors (Lipinski definition) is 8. The Morgan fingerprint density at radius 2 is 2.29 bits per heavy atom. The lowest BCUT2D eigenvalue weighted by Crippen LogP contribution is -2.36. The molecule has 3 aromatic heterocycles. The average molecular weight is 433 g/mol. The normalized spacial score (nSPS) is 21.0. The van der Waals surface area contributed by atoms with E-state index in [1.54, 1.807) is 43.9 Å². The molecule has 0 spiro atoms. The maximum Gasteiger partial charge on any atom is 0.407 e. The maximum atomic E-state index is 14.8. The summed E-state index contributed by atoms with van der Waals surface area (Å²) in [6, 6.07) is 3.38. The molecule has 4 rings (SSSR count). The Labute approximate surface area is 177 Å². The zero-order valence-corrected chi connectivity index (χ0v) is 17.3. The summed E-state index contributed by atoms with van der Waals surface area (Å²) < 4.78 is 32.3. The number of H-pyrrole nitrogens is 1. The monoisotopic (exact) mass is 433 g/mol. The first-order valence-corrected chi connectivity index (χ1v) is 9.82. The Morgan fingerprint density at radius 3 is 3.06 bits per heavy atom. The SMILES string of the molecule is COCc1cc2c(Nc3cc([C@H]4OC[C@@H](OC(=O)NC(C)C)[C@@H]4F)[nH]n3)nccn2n1. The topological polar surface area (TPSA) is 128 Å². The minimum absolute atomic E-state index is 0.0436. The van der Waals surface area contributed by atoms with E-state index in [2.05, 4.69) is 30.9 Å². The molecule has 3 N–H and O–H groups in total. The van der Waals surface area contributed by atoms with Gasteiger partial charge in [-0.25, -0.2) is 18.7 Å². The van der Waals surface area contributed by atoms with Crippen LogP contribution in [0.4, 0.5) is 20.8 Å². The van der Waals surface area contributed by atoms with Crippen molar-refractivity contribution in [1.82, 2.24) is 30.1 Å². The quantitative estimate of drug-likeness (QED) is 0.518. The van der Waals surface area contributed by atoms with Gasteiger partial charge in [-0.1, -0.05) is 0 Å². The van der Waals surface area contributed by atoms with Crippen LogP contribution in [0, 0.1) is 0 Å².